The molecule has 3 N–H and O–H groups in total. The van der Waals surface area contributed by atoms with E-state index in [1.807, 2.05) is 12.3 Å². The number of nitrogens with zero attached hydrogens (tertiary/aromatic N) is 3. The molecule has 0 saturated carbocycles. The predicted molar refractivity (Wildman–Crippen MR) is 109 cm³/mol. The number of aryl methyl sites for hydroxylation is 1. The molecule has 0 amide bonds. The Kier molecular flexibility index (Phi) is 5.53. The van der Waals surface area contributed by atoms with Gasteiger partial charge in [-0.3, -0.25) is 0 Å². The summed E-state index contributed by atoms with van der Waals surface area (Å²) in [6, 6.07) is 10.5. The molecule has 0 bridgehead atoms. The highest BCUT2D eigenvalue weighted by atomic mass is 16.5. The first-order valence-corrected chi connectivity index (χ1v) is 9.75. The van der Waals surface area contributed by atoms with E-state index in [0.717, 1.165) is 56.2 Å². The van der Waals surface area contributed by atoms with Crippen molar-refractivity contribution in [1.82, 2.24) is 4.98 Å². The topological polar surface area (TPSA) is 75.8 Å². The van der Waals surface area contributed by atoms with Crippen molar-refractivity contribution in [1.29, 1.82) is 0 Å². The van der Waals surface area contributed by atoms with Gasteiger partial charge in [-0.15, -0.1) is 0 Å². The molecule has 0 radical (unpaired) electrons. The van der Waals surface area contributed by atoms with E-state index in [1.54, 1.807) is 0 Å². The smallest absolute Gasteiger partial charge is 0.193 e. The monoisotopic (exact) mass is 365 g/mol. The fraction of sp³-hybridized carbons (Fsp3) is 0.429. The van der Waals surface area contributed by atoms with Crippen LogP contribution in [0.15, 0.2) is 41.5 Å². The molecule has 1 saturated heterocycles. The maximum absolute atomic E-state index is 6.16. The van der Waals surface area contributed by atoms with Crippen molar-refractivity contribution in [2.24, 2.45) is 10.7 Å². The summed E-state index contributed by atoms with van der Waals surface area (Å²) in [6.45, 7) is 3.80. The SMILES string of the molecule is NC(=NCc1ccnc(N2CCOCC2)c1)Nc1cccc2c1CCCC2. The van der Waals surface area contributed by atoms with Crippen LogP contribution in [0.3, 0.4) is 0 Å². The lowest BCUT2D eigenvalue weighted by Gasteiger charge is -2.27. The maximum Gasteiger partial charge on any atom is 0.193 e. The number of ether oxygens (including phenoxy) is 1. The van der Waals surface area contributed by atoms with Crippen molar-refractivity contribution >= 4 is 17.5 Å². The Balaban J connectivity index is 1.42. The average Bonchev–Trinajstić information content (AvgIpc) is 2.73. The van der Waals surface area contributed by atoms with Crippen LogP contribution in [0.1, 0.15) is 29.5 Å². The number of guanidine groups is 1. The Morgan fingerprint density at radius 2 is 2.04 bits per heavy atom. The standard InChI is InChI=1S/C21H27N5O/c22-21(25-19-7-3-5-17-4-1-2-6-18(17)19)24-15-16-8-9-23-20(14-16)26-10-12-27-13-11-26/h3,5,7-9,14H,1-2,4,6,10-13,15H2,(H3,22,24,25). The number of aliphatic imine (C=N–C) groups is 1. The molecule has 0 spiro atoms. The summed E-state index contributed by atoms with van der Waals surface area (Å²) in [5, 5.41) is 3.30. The molecule has 6 nitrogen and oxygen atoms in total. The van der Waals surface area contributed by atoms with Gasteiger partial charge in [0.25, 0.3) is 0 Å². The summed E-state index contributed by atoms with van der Waals surface area (Å²) in [4.78, 5) is 11.3. The Bertz CT molecular complexity index is 814. The normalized spacial score (nSPS) is 17.5. The number of pyridine rings is 1. The van der Waals surface area contributed by atoms with Gasteiger partial charge in [-0.2, -0.15) is 0 Å². The second kappa shape index (κ2) is 8.39. The Hall–Kier alpha value is -2.60. The van der Waals surface area contributed by atoms with Crippen LogP contribution < -0.4 is 16.0 Å². The summed E-state index contributed by atoms with van der Waals surface area (Å²) in [5.74, 6) is 1.44. The molecule has 142 valence electrons. The van der Waals surface area contributed by atoms with Crippen molar-refractivity contribution in [2.75, 3.05) is 36.5 Å². The first kappa shape index (κ1) is 17.8. The number of benzene rings is 1. The van der Waals surface area contributed by atoms with E-state index >= 15 is 0 Å². The lowest BCUT2D eigenvalue weighted by Crippen LogP contribution is -2.36. The first-order valence-electron chi connectivity index (χ1n) is 9.75. The highest BCUT2D eigenvalue weighted by Crippen LogP contribution is 2.27. The minimum atomic E-state index is 0.457. The molecule has 2 aromatic rings. The molecule has 1 aromatic heterocycles. The zero-order valence-electron chi connectivity index (χ0n) is 15.7. The van der Waals surface area contributed by atoms with Crippen LogP contribution in [-0.4, -0.2) is 37.2 Å². The number of morpholine rings is 1. The molecule has 1 aliphatic heterocycles. The van der Waals surface area contributed by atoms with Gasteiger partial charge in [0.15, 0.2) is 5.96 Å². The summed E-state index contributed by atoms with van der Waals surface area (Å²) in [5.41, 5.74) is 11.2. The van der Waals surface area contributed by atoms with E-state index in [-0.39, 0.29) is 0 Å². The molecule has 4 rings (SSSR count). The second-order valence-electron chi connectivity index (χ2n) is 7.10. The van der Waals surface area contributed by atoms with Gasteiger partial charge < -0.3 is 20.7 Å². The summed E-state index contributed by atoms with van der Waals surface area (Å²) in [7, 11) is 0. The summed E-state index contributed by atoms with van der Waals surface area (Å²) >= 11 is 0. The van der Waals surface area contributed by atoms with Crippen molar-refractivity contribution in [3.05, 3.63) is 53.2 Å². The van der Waals surface area contributed by atoms with E-state index in [2.05, 4.69) is 44.5 Å². The molecule has 1 fully saturated rings. The van der Waals surface area contributed by atoms with E-state index in [1.165, 1.54) is 24.0 Å². The van der Waals surface area contributed by atoms with Crippen LogP contribution in [0.25, 0.3) is 0 Å². The van der Waals surface area contributed by atoms with Crippen LogP contribution >= 0.6 is 0 Å². The number of fused-ring (bicyclic) bond motifs is 1. The molecule has 2 aliphatic rings. The van der Waals surface area contributed by atoms with Crippen LogP contribution in [0.4, 0.5) is 11.5 Å². The minimum Gasteiger partial charge on any atom is -0.378 e. The Morgan fingerprint density at radius 1 is 1.19 bits per heavy atom. The number of aromatic nitrogens is 1. The number of nitrogens with one attached hydrogen (secondary N) is 1. The molecule has 2 heterocycles. The first-order chi connectivity index (χ1) is 13.3. The summed E-state index contributed by atoms with van der Waals surface area (Å²) < 4.78 is 5.41. The highest BCUT2D eigenvalue weighted by Gasteiger charge is 2.14. The number of hydrogen-bond donors (Lipinski definition) is 2. The Labute approximate surface area is 160 Å². The number of nitrogens with two attached hydrogens (primary N) is 1. The lowest BCUT2D eigenvalue weighted by atomic mass is 9.90. The number of hydrogen-bond acceptors (Lipinski definition) is 4. The van der Waals surface area contributed by atoms with Gasteiger partial charge in [0.2, 0.25) is 0 Å². The van der Waals surface area contributed by atoms with Crippen LogP contribution in [0.5, 0.6) is 0 Å². The second-order valence-corrected chi connectivity index (χ2v) is 7.10. The van der Waals surface area contributed by atoms with Gasteiger partial charge in [0.05, 0.1) is 19.8 Å². The molecule has 0 unspecified atom stereocenters. The van der Waals surface area contributed by atoms with Gasteiger partial charge in [-0.25, -0.2) is 9.98 Å². The average molecular weight is 365 g/mol. The molecule has 27 heavy (non-hydrogen) atoms. The van der Waals surface area contributed by atoms with E-state index in [0.29, 0.717) is 12.5 Å². The molecule has 0 atom stereocenters. The Morgan fingerprint density at radius 3 is 2.93 bits per heavy atom. The third kappa shape index (κ3) is 4.39. The highest BCUT2D eigenvalue weighted by molar-refractivity contribution is 5.93. The number of anilines is 2. The minimum absolute atomic E-state index is 0.457. The molecule has 1 aliphatic carbocycles. The van der Waals surface area contributed by atoms with E-state index in [9.17, 15) is 0 Å². The van der Waals surface area contributed by atoms with Gasteiger partial charge in [0, 0.05) is 25.0 Å². The van der Waals surface area contributed by atoms with Crippen molar-refractivity contribution < 1.29 is 4.74 Å². The third-order valence-electron chi connectivity index (χ3n) is 5.24. The fourth-order valence-electron chi connectivity index (χ4n) is 3.78. The maximum atomic E-state index is 6.16. The molecule has 6 heteroatoms. The van der Waals surface area contributed by atoms with Gasteiger partial charge in [-0.1, -0.05) is 12.1 Å². The number of rotatable bonds is 4. The zero-order valence-corrected chi connectivity index (χ0v) is 15.7. The third-order valence-corrected chi connectivity index (χ3v) is 5.24. The van der Waals surface area contributed by atoms with Gasteiger partial charge in [0.1, 0.15) is 5.82 Å². The predicted octanol–water partition coefficient (Wildman–Crippen LogP) is 2.72. The van der Waals surface area contributed by atoms with Crippen LogP contribution in [0.2, 0.25) is 0 Å². The van der Waals surface area contributed by atoms with Crippen LogP contribution in [0, 0.1) is 0 Å². The van der Waals surface area contributed by atoms with Crippen molar-refractivity contribution in [3.8, 4) is 0 Å². The van der Waals surface area contributed by atoms with E-state index < -0.39 is 0 Å². The van der Waals surface area contributed by atoms with Crippen molar-refractivity contribution in [2.45, 2.75) is 32.2 Å². The van der Waals surface area contributed by atoms with E-state index in [4.69, 9.17) is 10.5 Å². The summed E-state index contributed by atoms with van der Waals surface area (Å²) in [6.07, 6.45) is 6.62. The molecular formula is C21H27N5O. The van der Waals surface area contributed by atoms with Gasteiger partial charge in [-0.05, 0) is 60.6 Å². The molecule has 1 aromatic carbocycles. The lowest BCUT2D eigenvalue weighted by molar-refractivity contribution is 0.122. The quantitative estimate of drug-likeness (QED) is 0.644. The fourth-order valence-corrected chi connectivity index (χ4v) is 3.78. The van der Waals surface area contributed by atoms with Crippen molar-refractivity contribution in [3.63, 3.8) is 0 Å². The molecular weight excluding hydrogens is 338 g/mol. The zero-order chi connectivity index (χ0) is 18.5. The van der Waals surface area contributed by atoms with Gasteiger partial charge >= 0.3 is 0 Å². The largest absolute Gasteiger partial charge is 0.378 e. The van der Waals surface area contributed by atoms with Crippen LogP contribution in [-0.2, 0) is 24.1 Å².